The van der Waals surface area contributed by atoms with Crippen LogP contribution in [-0.4, -0.2) is 55.8 Å². The number of nitrogens with zero attached hydrogens (tertiary/aromatic N) is 6. The summed E-state index contributed by atoms with van der Waals surface area (Å²) in [7, 11) is 1.22. The van der Waals surface area contributed by atoms with Crippen LogP contribution in [0.4, 0.5) is 10.7 Å². The summed E-state index contributed by atoms with van der Waals surface area (Å²) < 4.78 is 15.6. The van der Waals surface area contributed by atoms with Gasteiger partial charge in [-0.2, -0.15) is 10.1 Å². The van der Waals surface area contributed by atoms with Gasteiger partial charge in [0.2, 0.25) is 11.8 Å². The number of aromatic hydroxyl groups is 1. The van der Waals surface area contributed by atoms with Crippen molar-refractivity contribution in [1.29, 1.82) is 0 Å². The fourth-order valence-corrected chi connectivity index (χ4v) is 4.21. The summed E-state index contributed by atoms with van der Waals surface area (Å²) in [5.41, 5.74) is 3.68. The summed E-state index contributed by atoms with van der Waals surface area (Å²) in [6, 6.07) is 0.378. The maximum absolute atomic E-state index is 11.5. The Morgan fingerprint density at radius 2 is 2.18 bits per heavy atom. The van der Waals surface area contributed by atoms with Crippen molar-refractivity contribution in [2.24, 2.45) is 4.99 Å². The molecule has 11 heteroatoms. The average Bonchev–Trinajstić information content (AvgIpc) is 3.09. The highest BCUT2D eigenvalue weighted by Crippen LogP contribution is 2.32. The van der Waals surface area contributed by atoms with Gasteiger partial charge in [-0.25, -0.2) is 9.78 Å². The van der Waals surface area contributed by atoms with Crippen LogP contribution in [0.15, 0.2) is 23.3 Å². The molecule has 0 spiro atoms. The second kappa shape index (κ2) is 9.04. The van der Waals surface area contributed by atoms with Crippen LogP contribution in [0.5, 0.6) is 5.88 Å². The van der Waals surface area contributed by atoms with E-state index in [1.54, 1.807) is 10.9 Å². The van der Waals surface area contributed by atoms with Gasteiger partial charge in [0.05, 0.1) is 27.3 Å². The quantitative estimate of drug-likeness (QED) is 0.462. The van der Waals surface area contributed by atoms with E-state index in [1.807, 2.05) is 34.9 Å². The number of pyridine rings is 1. The fourth-order valence-electron chi connectivity index (χ4n) is 3.57. The molecule has 4 rings (SSSR count). The number of ether oxygens (including phenoxy) is 1. The van der Waals surface area contributed by atoms with Crippen LogP contribution in [0, 0.1) is 3.70 Å². The predicted octanol–water partition coefficient (Wildman–Crippen LogP) is 3.91. The van der Waals surface area contributed by atoms with Gasteiger partial charge in [-0.1, -0.05) is 26.8 Å². The lowest BCUT2D eigenvalue weighted by Gasteiger charge is -2.24. The molecule has 0 saturated carbocycles. The third kappa shape index (κ3) is 4.82. The first kappa shape index (κ1) is 21.7. The summed E-state index contributed by atoms with van der Waals surface area (Å²) in [4.78, 5) is 28.6. The molecule has 1 aliphatic heterocycles. The van der Waals surface area contributed by atoms with E-state index >= 15 is 0 Å². The Labute approximate surface area is 205 Å². The number of carbonyl (C=O) groups excluding carboxylic acids is 1. The van der Waals surface area contributed by atoms with Crippen molar-refractivity contribution in [1.82, 2.24) is 24.7 Å². The molecule has 0 radical (unpaired) electrons. The Morgan fingerprint density at radius 3 is 2.85 bits per heavy atom. The number of anilines is 1. The first-order valence-electron chi connectivity index (χ1n) is 10.7. The molecule has 172 valence electrons. The molecule has 0 saturated heterocycles. The minimum absolute atomic E-state index is 0.0894. The van der Waals surface area contributed by atoms with Gasteiger partial charge in [-0.3, -0.25) is 20.0 Å². The van der Waals surface area contributed by atoms with Crippen LogP contribution in [0.1, 0.15) is 45.4 Å². The van der Waals surface area contributed by atoms with Crippen molar-refractivity contribution in [2.45, 2.75) is 39.2 Å². The zero-order chi connectivity index (χ0) is 24.6. The standard InChI is InChI=1S/C22H24IN7O3/c1-22(2,3)14-9-15(12-5-7-24-8-6-12)25-10-13(14)11-30-17-16(18(23)29-30)26-20(27-19(17)31)28-21(32)33-4/h5,8-10H,6-7,11H2,1-4H3,(H2,26,27,28,31,32)/i9D. The maximum Gasteiger partial charge on any atom is 0.413 e. The summed E-state index contributed by atoms with van der Waals surface area (Å²) in [5.74, 6) is -0.417. The van der Waals surface area contributed by atoms with Crippen molar-refractivity contribution >= 4 is 57.5 Å². The van der Waals surface area contributed by atoms with Crippen LogP contribution < -0.4 is 5.32 Å². The Hall–Kier alpha value is -3.09. The number of carbonyl (C=O) groups is 1. The Balaban J connectivity index is 1.79. The highest BCUT2D eigenvalue weighted by molar-refractivity contribution is 14.1. The van der Waals surface area contributed by atoms with Crippen LogP contribution in [0.3, 0.4) is 0 Å². The number of rotatable bonds is 4. The lowest BCUT2D eigenvalue weighted by molar-refractivity contribution is 0.186. The van der Waals surface area contributed by atoms with Crippen molar-refractivity contribution in [2.75, 3.05) is 19.0 Å². The Bertz CT molecular complexity index is 1340. The van der Waals surface area contributed by atoms with Gasteiger partial charge in [0, 0.05) is 18.8 Å². The number of aliphatic imine (C=N–C) groups is 1. The summed E-state index contributed by atoms with van der Waals surface area (Å²) in [5, 5.41) is 17.5. The van der Waals surface area contributed by atoms with Gasteiger partial charge in [-0.05, 0) is 50.7 Å². The number of methoxy groups -OCH3 is 1. The average molecular weight is 562 g/mol. The fraction of sp³-hybridized carbons (Fsp3) is 0.364. The smallest absolute Gasteiger partial charge is 0.413 e. The van der Waals surface area contributed by atoms with E-state index in [0.717, 1.165) is 16.7 Å². The third-order valence-corrected chi connectivity index (χ3v) is 5.83. The number of hydrogen-bond donors (Lipinski definition) is 2. The number of dihydropyridines is 1. The minimum Gasteiger partial charge on any atom is -0.492 e. The molecule has 4 heterocycles. The van der Waals surface area contributed by atoms with Gasteiger partial charge < -0.3 is 9.84 Å². The first-order valence-corrected chi connectivity index (χ1v) is 11.3. The number of amides is 1. The molecule has 1 aliphatic rings. The van der Waals surface area contributed by atoms with E-state index in [-0.39, 0.29) is 23.8 Å². The molecule has 2 N–H and O–H groups in total. The second-order valence-electron chi connectivity index (χ2n) is 8.50. The van der Waals surface area contributed by atoms with Crippen molar-refractivity contribution in [3.8, 4) is 5.88 Å². The SMILES string of the molecule is [2H]c1c(C2=CCN=CC2)ncc(Cn2nc(I)c3nc(NC(=O)OC)nc(O)c32)c1C(C)(C)C. The van der Waals surface area contributed by atoms with E-state index in [4.69, 9.17) is 1.37 Å². The van der Waals surface area contributed by atoms with E-state index in [9.17, 15) is 9.90 Å². The molecule has 33 heavy (non-hydrogen) atoms. The van der Waals surface area contributed by atoms with Gasteiger partial charge in [0.15, 0.2) is 5.52 Å². The lowest BCUT2D eigenvalue weighted by Crippen LogP contribution is -2.18. The van der Waals surface area contributed by atoms with Crippen molar-refractivity contribution in [3.63, 3.8) is 0 Å². The number of hydrogen-bond acceptors (Lipinski definition) is 8. The van der Waals surface area contributed by atoms with E-state index in [0.29, 0.717) is 39.4 Å². The van der Waals surface area contributed by atoms with Crippen LogP contribution >= 0.6 is 22.6 Å². The minimum atomic E-state index is -0.746. The summed E-state index contributed by atoms with van der Waals surface area (Å²) in [6.45, 7) is 7.02. The molecule has 10 nitrogen and oxygen atoms in total. The van der Waals surface area contributed by atoms with Crippen molar-refractivity contribution in [3.05, 3.63) is 38.8 Å². The van der Waals surface area contributed by atoms with E-state index < -0.39 is 6.09 Å². The normalized spacial score (nSPS) is 14.2. The molecule has 1 amide bonds. The number of allylic oxidation sites excluding steroid dienone is 1. The van der Waals surface area contributed by atoms with Crippen LogP contribution in [0.2, 0.25) is 0 Å². The Morgan fingerprint density at radius 1 is 1.39 bits per heavy atom. The summed E-state index contributed by atoms with van der Waals surface area (Å²) >= 11 is 2.01. The lowest BCUT2D eigenvalue weighted by atomic mass is 9.83. The van der Waals surface area contributed by atoms with Gasteiger partial charge >= 0.3 is 6.09 Å². The van der Waals surface area contributed by atoms with Crippen LogP contribution in [-0.2, 0) is 16.7 Å². The monoisotopic (exact) mass is 562 g/mol. The van der Waals surface area contributed by atoms with E-state index in [2.05, 4.69) is 55.9 Å². The molecular weight excluding hydrogens is 537 g/mol. The molecular formula is C22H24IN7O3. The summed E-state index contributed by atoms with van der Waals surface area (Å²) in [6.07, 6.45) is 5.53. The van der Waals surface area contributed by atoms with E-state index in [1.165, 1.54) is 7.11 Å². The first-order chi connectivity index (χ1) is 16.1. The number of aromatic nitrogens is 5. The molecule has 0 bridgehead atoms. The van der Waals surface area contributed by atoms with Crippen molar-refractivity contribution < 1.29 is 16.0 Å². The maximum atomic E-state index is 11.5. The number of fused-ring (bicyclic) bond motifs is 1. The predicted molar refractivity (Wildman–Crippen MR) is 134 cm³/mol. The molecule has 3 aromatic heterocycles. The highest BCUT2D eigenvalue weighted by Gasteiger charge is 2.23. The number of halogens is 1. The molecule has 0 atom stereocenters. The molecule has 0 aliphatic carbocycles. The van der Waals surface area contributed by atoms with Gasteiger partial charge in [-0.15, -0.1) is 0 Å². The Kier molecular flexibility index (Phi) is 5.96. The third-order valence-electron chi connectivity index (χ3n) is 5.10. The number of nitrogens with one attached hydrogen (secondary N) is 1. The van der Waals surface area contributed by atoms with Gasteiger partial charge in [0.1, 0.15) is 9.22 Å². The molecule has 0 fully saturated rings. The zero-order valence-electron chi connectivity index (χ0n) is 19.7. The molecule has 0 aromatic carbocycles. The largest absolute Gasteiger partial charge is 0.492 e. The second-order valence-corrected chi connectivity index (χ2v) is 9.52. The topological polar surface area (TPSA) is 127 Å². The molecule has 0 unspecified atom stereocenters. The zero-order valence-corrected chi connectivity index (χ0v) is 20.8. The van der Waals surface area contributed by atoms with Gasteiger partial charge in [0.25, 0.3) is 0 Å². The highest BCUT2D eigenvalue weighted by atomic mass is 127. The van der Waals surface area contributed by atoms with Crippen LogP contribution in [0.25, 0.3) is 16.6 Å². The molecule has 3 aromatic rings.